The van der Waals surface area contributed by atoms with Crippen molar-refractivity contribution >= 4 is 40.8 Å². The quantitative estimate of drug-likeness (QED) is 0.227. The van der Waals surface area contributed by atoms with E-state index in [9.17, 15) is 19.1 Å². The fourth-order valence-electron chi connectivity index (χ4n) is 4.82. The second-order valence-corrected chi connectivity index (χ2v) is 10.2. The first-order valence-electron chi connectivity index (χ1n) is 12.5. The van der Waals surface area contributed by atoms with Gasteiger partial charge in [-0.05, 0) is 49.2 Å². The van der Waals surface area contributed by atoms with Crippen molar-refractivity contribution < 1.29 is 19.1 Å². The van der Waals surface area contributed by atoms with E-state index in [-0.39, 0.29) is 33.8 Å². The van der Waals surface area contributed by atoms with Gasteiger partial charge in [0.2, 0.25) is 0 Å². The summed E-state index contributed by atoms with van der Waals surface area (Å²) in [5.41, 5.74) is 2.36. The third kappa shape index (κ3) is 5.77. The minimum Gasteiger partial charge on any atom is -0.507 e. The van der Waals surface area contributed by atoms with E-state index in [1.54, 1.807) is 54.6 Å². The van der Waals surface area contributed by atoms with Gasteiger partial charge in [-0.2, -0.15) is 9.78 Å². The normalized spacial score (nSPS) is 13.4. The van der Waals surface area contributed by atoms with E-state index in [1.165, 1.54) is 16.8 Å². The van der Waals surface area contributed by atoms with Crippen molar-refractivity contribution in [1.29, 1.82) is 0 Å². The lowest BCUT2D eigenvalue weighted by Gasteiger charge is -2.12. The van der Waals surface area contributed by atoms with Crippen molar-refractivity contribution in [2.75, 3.05) is 5.32 Å². The first-order valence-corrected chi connectivity index (χ1v) is 13.3. The minimum absolute atomic E-state index is 0.0138. The Balaban J connectivity index is 1.39. The topological polar surface area (TPSA) is 96.3 Å². The third-order valence-corrected chi connectivity index (χ3v) is 7.44. The number of halogens is 3. The van der Waals surface area contributed by atoms with Gasteiger partial charge in [0.05, 0.1) is 27.0 Å². The highest BCUT2D eigenvalue weighted by atomic mass is 35.5. The summed E-state index contributed by atoms with van der Waals surface area (Å²) in [7, 11) is 0. The number of amides is 2. The van der Waals surface area contributed by atoms with Crippen LogP contribution in [0.25, 0.3) is 11.3 Å². The van der Waals surface area contributed by atoms with Crippen LogP contribution in [0.3, 0.4) is 0 Å². The van der Waals surface area contributed by atoms with E-state index in [0.717, 1.165) is 31.4 Å². The predicted octanol–water partition coefficient (Wildman–Crippen LogP) is 7.37. The maximum absolute atomic E-state index is 14.0. The Morgan fingerprint density at radius 3 is 2.41 bits per heavy atom. The lowest BCUT2D eigenvalue weighted by Crippen LogP contribution is -2.31. The van der Waals surface area contributed by atoms with Crippen molar-refractivity contribution in [2.24, 2.45) is 0 Å². The average Bonchev–Trinajstić information content (AvgIpc) is 3.58. The molecule has 0 saturated heterocycles. The molecule has 0 unspecified atom stereocenters. The van der Waals surface area contributed by atoms with Crippen LogP contribution in [0.1, 0.15) is 53.2 Å². The fourth-order valence-corrected chi connectivity index (χ4v) is 5.39. The smallest absolute Gasteiger partial charge is 0.342 e. The summed E-state index contributed by atoms with van der Waals surface area (Å²) in [5.74, 6) is -0.903. The number of phenols is 1. The van der Waals surface area contributed by atoms with E-state index in [4.69, 9.17) is 23.2 Å². The monoisotopic (exact) mass is 566 g/mol. The van der Waals surface area contributed by atoms with Crippen LogP contribution >= 0.6 is 23.2 Å². The van der Waals surface area contributed by atoms with Gasteiger partial charge in [-0.25, -0.2) is 9.18 Å². The van der Waals surface area contributed by atoms with Crippen LogP contribution in [0, 0.1) is 5.82 Å². The molecule has 1 aliphatic rings. The van der Waals surface area contributed by atoms with Crippen LogP contribution in [0.15, 0.2) is 66.7 Å². The largest absolute Gasteiger partial charge is 0.507 e. The van der Waals surface area contributed by atoms with Crippen molar-refractivity contribution in [3.8, 4) is 17.0 Å². The number of aromatic hydroxyl groups is 1. The zero-order chi connectivity index (χ0) is 27.5. The molecular formula is C29H25Cl2FN4O3. The highest BCUT2D eigenvalue weighted by molar-refractivity contribution is 6.40. The zero-order valence-electron chi connectivity index (χ0n) is 20.8. The van der Waals surface area contributed by atoms with Crippen LogP contribution in [0.5, 0.6) is 5.75 Å². The van der Waals surface area contributed by atoms with Crippen molar-refractivity contribution in [3.63, 3.8) is 0 Å². The molecule has 10 heteroatoms. The minimum atomic E-state index is -0.517. The fraction of sp³-hybridized carbons (Fsp3) is 0.207. The standard InChI is InChI=1S/C29H25Cl2FN4O3/c30-21-9-5-10-22(31)27(21)28(38)34-19-12-13-20(26(37)14-19)24-15-25(17-6-1-2-7-17)36(35-24)29(39)33-16-18-8-3-4-11-23(18)32/h3-5,8-15,17,37H,1-2,6-7,16H2,(H,33,39)(H,34,38). The average molecular weight is 567 g/mol. The summed E-state index contributed by atoms with van der Waals surface area (Å²) in [5, 5.41) is 21.2. The SMILES string of the molecule is O=C(Nc1ccc(-c2cc(C3CCCC3)n(C(=O)NCc3ccccc3F)n2)c(O)c1)c1c(Cl)cccc1Cl. The van der Waals surface area contributed by atoms with E-state index in [2.05, 4.69) is 15.7 Å². The number of phenolic OH excluding ortho intramolecular Hbond substituents is 1. The Hall–Kier alpha value is -3.88. The van der Waals surface area contributed by atoms with Crippen LogP contribution in [-0.2, 0) is 6.54 Å². The van der Waals surface area contributed by atoms with Crippen molar-refractivity contribution in [1.82, 2.24) is 15.1 Å². The Labute approximate surface area is 234 Å². The third-order valence-electron chi connectivity index (χ3n) is 6.81. The van der Waals surface area contributed by atoms with Gasteiger partial charge in [-0.1, -0.05) is 60.3 Å². The molecule has 0 bridgehead atoms. The molecule has 3 N–H and O–H groups in total. The Kier molecular flexibility index (Phi) is 7.86. The van der Waals surface area contributed by atoms with Crippen LogP contribution in [0.4, 0.5) is 14.9 Å². The molecule has 2 amide bonds. The molecule has 1 fully saturated rings. The van der Waals surface area contributed by atoms with Crippen LogP contribution < -0.4 is 10.6 Å². The molecule has 5 rings (SSSR count). The summed E-state index contributed by atoms with van der Waals surface area (Å²) >= 11 is 12.3. The maximum Gasteiger partial charge on any atom is 0.342 e. The number of hydrogen-bond donors (Lipinski definition) is 3. The highest BCUT2D eigenvalue weighted by Gasteiger charge is 2.26. The number of hydrogen-bond acceptors (Lipinski definition) is 4. The van der Waals surface area contributed by atoms with Gasteiger partial charge >= 0.3 is 6.03 Å². The lowest BCUT2D eigenvalue weighted by atomic mass is 10.0. The van der Waals surface area contributed by atoms with Crippen LogP contribution in [0.2, 0.25) is 10.0 Å². The van der Waals surface area contributed by atoms with E-state index >= 15 is 0 Å². The molecular weight excluding hydrogens is 542 g/mol. The number of anilines is 1. The van der Waals surface area contributed by atoms with Gasteiger partial charge in [0.1, 0.15) is 11.6 Å². The van der Waals surface area contributed by atoms with Crippen molar-refractivity contribution in [2.45, 2.75) is 38.1 Å². The Bertz CT molecular complexity index is 1530. The number of carbonyl (C=O) groups is 2. The molecule has 0 aliphatic heterocycles. The summed E-state index contributed by atoms with van der Waals surface area (Å²) in [4.78, 5) is 25.9. The summed E-state index contributed by atoms with van der Waals surface area (Å²) < 4.78 is 15.4. The maximum atomic E-state index is 14.0. The molecule has 4 aromatic rings. The Morgan fingerprint density at radius 1 is 1.00 bits per heavy atom. The summed E-state index contributed by atoms with van der Waals surface area (Å²) in [6.07, 6.45) is 3.95. The Morgan fingerprint density at radius 2 is 1.72 bits per heavy atom. The number of carbonyl (C=O) groups excluding carboxylic acids is 2. The van der Waals surface area contributed by atoms with Gasteiger partial charge in [0, 0.05) is 35.3 Å². The van der Waals surface area contributed by atoms with Crippen LogP contribution in [-0.4, -0.2) is 26.8 Å². The molecule has 39 heavy (non-hydrogen) atoms. The number of nitrogens with zero attached hydrogens (tertiary/aromatic N) is 2. The number of benzene rings is 3. The summed E-state index contributed by atoms with van der Waals surface area (Å²) in [6, 6.07) is 17.0. The van der Waals surface area contributed by atoms with E-state index in [1.807, 2.05) is 0 Å². The molecule has 0 atom stereocenters. The first kappa shape index (κ1) is 26.7. The molecule has 0 spiro atoms. The van der Waals surface area contributed by atoms with Gasteiger partial charge in [-0.15, -0.1) is 0 Å². The molecule has 1 saturated carbocycles. The van der Waals surface area contributed by atoms with Gasteiger partial charge in [0.25, 0.3) is 5.91 Å². The second kappa shape index (κ2) is 11.5. The number of aromatic nitrogens is 2. The van der Waals surface area contributed by atoms with Gasteiger partial charge in [0.15, 0.2) is 0 Å². The number of nitrogens with one attached hydrogen (secondary N) is 2. The molecule has 0 radical (unpaired) electrons. The predicted molar refractivity (Wildman–Crippen MR) is 149 cm³/mol. The molecule has 7 nitrogen and oxygen atoms in total. The van der Waals surface area contributed by atoms with Gasteiger partial charge < -0.3 is 15.7 Å². The summed E-state index contributed by atoms with van der Waals surface area (Å²) in [6.45, 7) is 0.0138. The molecule has 1 aliphatic carbocycles. The number of rotatable bonds is 6. The molecule has 200 valence electrons. The first-order chi connectivity index (χ1) is 18.8. The molecule has 1 aromatic heterocycles. The second-order valence-electron chi connectivity index (χ2n) is 9.38. The van der Waals surface area contributed by atoms with Crippen molar-refractivity contribution in [3.05, 3.63) is 99.4 Å². The molecule has 1 heterocycles. The van der Waals surface area contributed by atoms with E-state index in [0.29, 0.717) is 22.5 Å². The highest BCUT2D eigenvalue weighted by Crippen LogP contribution is 2.38. The van der Waals surface area contributed by atoms with Gasteiger partial charge in [-0.3, -0.25) is 4.79 Å². The lowest BCUT2D eigenvalue weighted by molar-refractivity contribution is 0.102. The van der Waals surface area contributed by atoms with E-state index < -0.39 is 17.8 Å². The molecule has 3 aromatic carbocycles. The zero-order valence-corrected chi connectivity index (χ0v) is 22.3.